The average Bonchev–Trinajstić information content (AvgIpc) is 2.74. The Morgan fingerprint density at radius 2 is 2.33 bits per heavy atom. The highest BCUT2D eigenvalue weighted by Gasteiger charge is 2.26. The van der Waals surface area contributed by atoms with Gasteiger partial charge < -0.3 is 10.0 Å². The molecule has 1 unspecified atom stereocenters. The highest BCUT2D eigenvalue weighted by molar-refractivity contribution is 5.93. The van der Waals surface area contributed by atoms with Crippen LogP contribution < -0.4 is 0 Å². The monoisotopic (exact) mass is 251 g/mol. The zero-order valence-electron chi connectivity index (χ0n) is 10.4. The lowest BCUT2D eigenvalue weighted by molar-refractivity contribution is -0.138. The number of piperidine rings is 1. The second kappa shape index (κ2) is 5.20. The van der Waals surface area contributed by atoms with Crippen molar-refractivity contribution < 1.29 is 14.7 Å². The maximum atomic E-state index is 12.2. The zero-order chi connectivity index (χ0) is 13.1. The summed E-state index contributed by atoms with van der Waals surface area (Å²) >= 11 is 0. The molecule has 1 aromatic heterocycles. The van der Waals surface area contributed by atoms with Crippen molar-refractivity contribution in [3.63, 3.8) is 0 Å². The molecule has 0 aromatic carbocycles. The summed E-state index contributed by atoms with van der Waals surface area (Å²) in [5, 5.41) is 12.8. The number of aliphatic carboxylic acids is 1. The quantitative estimate of drug-likeness (QED) is 0.860. The van der Waals surface area contributed by atoms with Crippen molar-refractivity contribution >= 4 is 11.9 Å². The molecule has 1 aromatic rings. The van der Waals surface area contributed by atoms with E-state index in [0.29, 0.717) is 18.7 Å². The Hall–Kier alpha value is -1.85. The molecule has 0 radical (unpaired) electrons. The SMILES string of the molecule is Cn1cc(C(=O)N2CCCC(CC(=O)O)C2)cn1. The molecule has 0 bridgehead atoms. The number of carboxylic acid groups (broad SMARTS) is 1. The minimum Gasteiger partial charge on any atom is -0.481 e. The molecule has 1 N–H and O–H groups in total. The van der Waals surface area contributed by atoms with Crippen LogP contribution in [0.5, 0.6) is 0 Å². The second-order valence-corrected chi connectivity index (χ2v) is 4.76. The van der Waals surface area contributed by atoms with Crippen LogP contribution in [0.1, 0.15) is 29.6 Å². The van der Waals surface area contributed by atoms with E-state index in [4.69, 9.17) is 5.11 Å². The van der Waals surface area contributed by atoms with Gasteiger partial charge in [0.05, 0.1) is 11.8 Å². The first-order chi connectivity index (χ1) is 8.56. The van der Waals surface area contributed by atoms with Crippen LogP contribution in [0.4, 0.5) is 0 Å². The predicted octanol–water partition coefficient (Wildman–Crippen LogP) is 0.747. The van der Waals surface area contributed by atoms with E-state index in [9.17, 15) is 9.59 Å². The lowest BCUT2D eigenvalue weighted by Gasteiger charge is -2.31. The van der Waals surface area contributed by atoms with E-state index in [0.717, 1.165) is 12.8 Å². The highest BCUT2D eigenvalue weighted by atomic mass is 16.4. The number of amides is 1. The lowest BCUT2D eigenvalue weighted by Crippen LogP contribution is -2.40. The van der Waals surface area contributed by atoms with Crippen LogP contribution >= 0.6 is 0 Å². The van der Waals surface area contributed by atoms with Gasteiger partial charge in [-0.2, -0.15) is 5.10 Å². The number of hydrogen-bond acceptors (Lipinski definition) is 3. The van der Waals surface area contributed by atoms with Gasteiger partial charge in [-0.1, -0.05) is 0 Å². The normalized spacial score (nSPS) is 19.8. The Morgan fingerprint density at radius 3 is 2.94 bits per heavy atom. The molecular formula is C12H17N3O3. The maximum absolute atomic E-state index is 12.2. The Morgan fingerprint density at radius 1 is 1.56 bits per heavy atom. The number of nitrogens with zero attached hydrogens (tertiary/aromatic N) is 3. The number of likely N-dealkylation sites (tertiary alicyclic amines) is 1. The van der Waals surface area contributed by atoms with E-state index in [1.807, 2.05) is 0 Å². The zero-order valence-corrected chi connectivity index (χ0v) is 10.4. The summed E-state index contributed by atoms with van der Waals surface area (Å²) in [5.41, 5.74) is 0.563. The van der Waals surface area contributed by atoms with Gasteiger partial charge in [0, 0.05) is 32.8 Å². The summed E-state index contributed by atoms with van der Waals surface area (Å²) in [7, 11) is 1.76. The maximum Gasteiger partial charge on any atom is 0.303 e. The second-order valence-electron chi connectivity index (χ2n) is 4.76. The number of aromatic nitrogens is 2. The number of rotatable bonds is 3. The molecule has 6 heteroatoms. The summed E-state index contributed by atoms with van der Waals surface area (Å²) in [4.78, 5) is 24.6. The van der Waals surface area contributed by atoms with Crippen LogP contribution in [0.2, 0.25) is 0 Å². The molecule has 1 saturated heterocycles. The van der Waals surface area contributed by atoms with E-state index in [-0.39, 0.29) is 18.2 Å². The Balaban J connectivity index is 2.00. The molecule has 1 fully saturated rings. The van der Waals surface area contributed by atoms with Gasteiger partial charge in [0.2, 0.25) is 0 Å². The molecule has 2 heterocycles. The molecule has 1 aliphatic rings. The molecule has 1 amide bonds. The third-order valence-electron chi connectivity index (χ3n) is 3.22. The van der Waals surface area contributed by atoms with E-state index < -0.39 is 5.97 Å². The van der Waals surface area contributed by atoms with Crippen LogP contribution in [0.15, 0.2) is 12.4 Å². The highest BCUT2D eigenvalue weighted by Crippen LogP contribution is 2.21. The van der Waals surface area contributed by atoms with Crippen molar-refractivity contribution in [2.24, 2.45) is 13.0 Å². The molecule has 0 aliphatic carbocycles. The largest absolute Gasteiger partial charge is 0.481 e. The molecule has 0 spiro atoms. The fraction of sp³-hybridized carbons (Fsp3) is 0.583. The van der Waals surface area contributed by atoms with Crippen molar-refractivity contribution in [3.8, 4) is 0 Å². The first kappa shape index (κ1) is 12.6. The van der Waals surface area contributed by atoms with Crippen molar-refractivity contribution in [1.29, 1.82) is 0 Å². The van der Waals surface area contributed by atoms with E-state index in [1.165, 1.54) is 0 Å². The van der Waals surface area contributed by atoms with E-state index in [1.54, 1.807) is 29.0 Å². The summed E-state index contributed by atoms with van der Waals surface area (Å²) < 4.78 is 1.59. The first-order valence-electron chi connectivity index (χ1n) is 6.06. The van der Waals surface area contributed by atoms with Gasteiger partial charge >= 0.3 is 5.97 Å². The minimum absolute atomic E-state index is 0.0572. The Kier molecular flexibility index (Phi) is 3.64. The topological polar surface area (TPSA) is 75.4 Å². The number of carbonyl (C=O) groups excluding carboxylic acids is 1. The van der Waals surface area contributed by atoms with Crippen molar-refractivity contribution in [3.05, 3.63) is 18.0 Å². The fourth-order valence-electron chi connectivity index (χ4n) is 2.38. The first-order valence-corrected chi connectivity index (χ1v) is 6.06. The number of carbonyl (C=O) groups is 2. The van der Waals surface area contributed by atoms with E-state index >= 15 is 0 Å². The summed E-state index contributed by atoms with van der Waals surface area (Å²) in [5.74, 6) is -0.786. The molecule has 18 heavy (non-hydrogen) atoms. The van der Waals surface area contributed by atoms with Gasteiger partial charge in [0.25, 0.3) is 5.91 Å². The van der Waals surface area contributed by atoms with Gasteiger partial charge in [-0.3, -0.25) is 14.3 Å². The number of aryl methyl sites for hydroxylation is 1. The fourth-order valence-corrected chi connectivity index (χ4v) is 2.38. The van der Waals surface area contributed by atoms with Gasteiger partial charge in [0.1, 0.15) is 0 Å². The minimum atomic E-state index is -0.796. The smallest absolute Gasteiger partial charge is 0.303 e. The van der Waals surface area contributed by atoms with Gasteiger partial charge in [-0.25, -0.2) is 0 Å². The predicted molar refractivity (Wildman–Crippen MR) is 64.1 cm³/mol. The van der Waals surface area contributed by atoms with Crippen LogP contribution in [-0.4, -0.2) is 44.8 Å². The van der Waals surface area contributed by atoms with Crippen LogP contribution in [0, 0.1) is 5.92 Å². The van der Waals surface area contributed by atoms with Gasteiger partial charge in [-0.05, 0) is 18.8 Å². The van der Waals surface area contributed by atoms with E-state index in [2.05, 4.69) is 5.10 Å². The molecular weight excluding hydrogens is 234 g/mol. The summed E-state index contributed by atoms with van der Waals surface area (Å²) in [6, 6.07) is 0. The molecule has 1 atom stereocenters. The van der Waals surface area contributed by atoms with Gasteiger partial charge in [-0.15, -0.1) is 0 Å². The van der Waals surface area contributed by atoms with Crippen LogP contribution in [0.3, 0.4) is 0 Å². The molecule has 1 aliphatic heterocycles. The third-order valence-corrected chi connectivity index (χ3v) is 3.22. The summed E-state index contributed by atoms with van der Waals surface area (Å²) in [6.45, 7) is 1.23. The number of carboxylic acids is 1. The van der Waals surface area contributed by atoms with Crippen molar-refractivity contribution in [2.75, 3.05) is 13.1 Å². The number of hydrogen-bond donors (Lipinski definition) is 1. The molecule has 6 nitrogen and oxygen atoms in total. The molecule has 98 valence electrons. The van der Waals surface area contributed by atoms with Crippen molar-refractivity contribution in [1.82, 2.24) is 14.7 Å². The molecule has 0 saturated carbocycles. The van der Waals surface area contributed by atoms with Gasteiger partial charge in [0.15, 0.2) is 0 Å². The third kappa shape index (κ3) is 2.88. The van der Waals surface area contributed by atoms with Crippen LogP contribution in [0.25, 0.3) is 0 Å². The average molecular weight is 251 g/mol. The lowest BCUT2D eigenvalue weighted by atomic mass is 9.94. The van der Waals surface area contributed by atoms with Crippen molar-refractivity contribution in [2.45, 2.75) is 19.3 Å². The molecule has 2 rings (SSSR count). The Bertz CT molecular complexity index is 455. The standard InChI is InChI=1S/C12H17N3O3/c1-14-8-10(6-13-14)12(18)15-4-2-3-9(7-15)5-11(16)17/h6,8-9H,2-5,7H2,1H3,(H,16,17). The summed E-state index contributed by atoms with van der Waals surface area (Å²) in [6.07, 6.45) is 5.11. The van der Waals surface area contributed by atoms with Crippen LogP contribution in [-0.2, 0) is 11.8 Å². The Labute approximate surface area is 105 Å².